The molecule has 0 bridgehead atoms. The van der Waals surface area contributed by atoms with Crippen molar-refractivity contribution in [3.05, 3.63) is 66.5 Å². The third kappa shape index (κ3) is 3.88. The highest BCUT2D eigenvalue weighted by atomic mass is 16.5. The first-order valence-electron chi connectivity index (χ1n) is 11.3. The maximum atomic E-state index is 13.6. The van der Waals surface area contributed by atoms with Gasteiger partial charge in [0.25, 0.3) is 5.91 Å². The highest BCUT2D eigenvalue weighted by Gasteiger charge is 2.31. The highest BCUT2D eigenvalue weighted by molar-refractivity contribution is 6.13. The molecule has 2 heterocycles. The molecule has 4 rings (SSSR count). The van der Waals surface area contributed by atoms with Gasteiger partial charge in [0, 0.05) is 67.6 Å². The normalized spacial score (nSPS) is 11.9. The van der Waals surface area contributed by atoms with Crippen LogP contribution in [0.3, 0.4) is 0 Å². The highest BCUT2D eigenvalue weighted by Crippen LogP contribution is 2.49. The molecule has 0 unspecified atom stereocenters. The molecule has 166 valence electrons. The quantitative estimate of drug-likeness (QED) is 0.470. The second-order valence-corrected chi connectivity index (χ2v) is 7.63. The molecule has 1 aliphatic rings. The lowest BCUT2D eigenvalue weighted by molar-refractivity contribution is 0.0997. The van der Waals surface area contributed by atoms with Gasteiger partial charge >= 0.3 is 0 Å². The molecule has 32 heavy (non-hydrogen) atoms. The van der Waals surface area contributed by atoms with E-state index in [9.17, 15) is 4.79 Å². The number of amides is 1. The Morgan fingerprint density at radius 2 is 1.25 bits per heavy atom. The third-order valence-corrected chi connectivity index (χ3v) is 5.98. The van der Waals surface area contributed by atoms with E-state index in [0.717, 1.165) is 48.9 Å². The van der Waals surface area contributed by atoms with Crippen molar-refractivity contribution in [1.82, 2.24) is 4.98 Å². The van der Waals surface area contributed by atoms with Crippen molar-refractivity contribution in [2.24, 2.45) is 0 Å². The molecule has 0 atom stereocenters. The average Bonchev–Trinajstić information content (AvgIpc) is 2.84. The summed E-state index contributed by atoms with van der Waals surface area (Å²) in [4.78, 5) is 23.9. The van der Waals surface area contributed by atoms with Gasteiger partial charge in [0.15, 0.2) is 11.5 Å². The average molecular weight is 431 g/mol. The summed E-state index contributed by atoms with van der Waals surface area (Å²) in [6, 6.07) is 15.6. The maximum absolute atomic E-state index is 13.6. The Kier molecular flexibility index (Phi) is 6.30. The van der Waals surface area contributed by atoms with E-state index < -0.39 is 0 Å². The van der Waals surface area contributed by atoms with Gasteiger partial charge in [0.1, 0.15) is 0 Å². The molecule has 1 aromatic heterocycles. The van der Waals surface area contributed by atoms with Crippen LogP contribution in [0.15, 0.2) is 60.9 Å². The van der Waals surface area contributed by atoms with Gasteiger partial charge in [-0.05, 0) is 64.1 Å². The second-order valence-electron chi connectivity index (χ2n) is 7.63. The molecule has 1 amide bonds. The van der Waals surface area contributed by atoms with Crippen molar-refractivity contribution in [3.63, 3.8) is 0 Å². The lowest BCUT2D eigenvalue weighted by Gasteiger charge is -2.33. The van der Waals surface area contributed by atoms with Gasteiger partial charge in [-0.15, -0.1) is 0 Å². The first-order chi connectivity index (χ1) is 15.6. The number of anilines is 4. The van der Waals surface area contributed by atoms with Crippen molar-refractivity contribution in [1.29, 1.82) is 0 Å². The zero-order chi connectivity index (χ0) is 22.7. The number of hydrogen-bond donors (Lipinski definition) is 0. The number of pyridine rings is 1. The van der Waals surface area contributed by atoms with Gasteiger partial charge in [-0.3, -0.25) is 14.7 Å². The summed E-state index contributed by atoms with van der Waals surface area (Å²) in [6.07, 6.45) is 3.28. The van der Waals surface area contributed by atoms with Gasteiger partial charge in [-0.1, -0.05) is 0 Å². The fraction of sp³-hybridized carbons (Fsp3) is 0.308. The first-order valence-corrected chi connectivity index (χ1v) is 11.3. The predicted octanol–water partition coefficient (Wildman–Crippen LogP) is 5.86. The van der Waals surface area contributed by atoms with Crippen LogP contribution in [-0.4, -0.2) is 37.1 Å². The summed E-state index contributed by atoms with van der Waals surface area (Å²) in [6.45, 7) is 12.1. The molecule has 1 aliphatic heterocycles. The fourth-order valence-electron chi connectivity index (χ4n) is 4.20. The summed E-state index contributed by atoms with van der Waals surface area (Å²) >= 11 is 0. The number of hydrogen-bond acceptors (Lipinski definition) is 5. The SMILES string of the molecule is CCN(CC)c1ccc2c(c1)Oc1cc(N(CC)CC)ccc1N2C(=O)c1ccncc1. The molecule has 2 aromatic carbocycles. The van der Waals surface area contributed by atoms with Crippen molar-refractivity contribution in [3.8, 4) is 11.5 Å². The van der Waals surface area contributed by atoms with Crippen LogP contribution < -0.4 is 19.4 Å². The molecule has 3 aromatic rings. The molecule has 0 N–H and O–H groups in total. The van der Waals surface area contributed by atoms with E-state index >= 15 is 0 Å². The third-order valence-electron chi connectivity index (χ3n) is 5.98. The van der Waals surface area contributed by atoms with E-state index in [1.54, 1.807) is 29.4 Å². The molecule has 0 saturated heterocycles. The topological polar surface area (TPSA) is 48.9 Å². The van der Waals surface area contributed by atoms with E-state index in [-0.39, 0.29) is 5.91 Å². The zero-order valence-electron chi connectivity index (χ0n) is 19.2. The van der Waals surface area contributed by atoms with Crippen LogP contribution in [0.2, 0.25) is 0 Å². The molecule has 6 nitrogen and oxygen atoms in total. The predicted molar refractivity (Wildman–Crippen MR) is 131 cm³/mol. The largest absolute Gasteiger partial charge is 0.453 e. The standard InChI is InChI=1S/C26H30N4O2/c1-5-28(6-2)20-9-11-22-24(17-20)32-25-18-21(29(7-3)8-4)10-12-23(25)30(22)26(31)19-13-15-27-16-14-19/h9-18H,5-8H2,1-4H3. The molecular formula is C26H30N4O2. The number of carbonyl (C=O) groups is 1. The Morgan fingerprint density at radius 3 is 1.69 bits per heavy atom. The molecule has 0 fully saturated rings. The number of carbonyl (C=O) groups excluding carboxylic acids is 1. The van der Waals surface area contributed by atoms with Crippen molar-refractivity contribution in [2.75, 3.05) is 40.9 Å². The van der Waals surface area contributed by atoms with Gasteiger partial charge in [-0.25, -0.2) is 0 Å². The van der Waals surface area contributed by atoms with E-state index in [1.807, 2.05) is 24.3 Å². The number of ether oxygens (including phenoxy) is 1. The summed E-state index contributed by atoms with van der Waals surface area (Å²) in [5, 5.41) is 0. The smallest absolute Gasteiger partial charge is 0.263 e. The molecule has 0 radical (unpaired) electrons. The van der Waals surface area contributed by atoms with Crippen LogP contribution in [0.25, 0.3) is 0 Å². The molecule has 0 spiro atoms. The van der Waals surface area contributed by atoms with Crippen molar-refractivity contribution in [2.45, 2.75) is 27.7 Å². The fourth-order valence-corrected chi connectivity index (χ4v) is 4.20. The Bertz CT molecular complexity index is 1030. The lowest BCUT2D eigenvalue weighted by atomic mass is 10.1. The molecule has 6 heteroatoms. The maximum Gasteiger partial charge on any atom is 0.263 e. The molecule has 0 saturated carbocycles. The zero-order valence-corrected chi connectivity index (χ0v) is 19.2. The van der Waals surface area contributed by atoms with Gasteiger partial charge in [0.05, 0.1) is 11.4 Å². The summed E-state index contributed by atoms with van der Waals surface area (Å²) < 4.78 is 6.39. The molecular weight excluding hydrogens is 400 g/mol. The Hall–Kier alpha value is -3.54. The summed E-state index contributed by atoms with van der Waals surface area (Å²) in [7, 11) is 0. The minimum Gasteiger partial charge on any atom is -0.453 e. The van der Waals surface area contributed by atoms with Gasteiger partial charge < -0.3 is 14.5 Å². The number of benzene rings is 2. The number of rotatable bonds is 7. The minimum absolute atomic E-state index is 0.107. The second kappa shape index (κ2) is 9.30. The lowest BCUT2D eigenvalue weighted by Crippen LogP contribution is -2.29. The van der Waals surface area contributed by atoms with E-state index in [2.05, 4.69) is 54.6 Å². The van der Waals surface area contributed by atoms with Crippen LogP contribution >= 0.6 is 0 Å². The minimum atomic E-state index is -0.107. The van der Waals surface area contributed by atoms with E-state index in [0.29, 0.717) is 17.1 Å². The van der Waals surface area contributed by atoms with Crippen LogP contribution in [-0.2, 0) is 0 Å². The number of aromatic nitrogens is 1. The van der Waals surface area contributed by atoms with E-state index in [4.69, 9.17) is 4.74 Å². The Morgan fingerprint density at radius 1 is 0.781 bits per heavy atom. The number of fused-ring (bicyclic) bond motifs is 2. The Balaban J connectivity index is 1.85. The van der Waals surface area contributed by atoms with Crippen molar-refractivity contribution >= 4 is 28.7 Å². The first kappa shape index (κ1) is 21.7. The van der Waals surface area contributed by atoms with Crippen LogP contribution in [0, 0.1) is 0 Å². The van der Waals surface area contributed by atoms with Gasteiger partial charge in [0.2, 0.25) is 0 Å². The monoisotopic (exact) mass is 430 g/mol. The Labute approximate surface area is 190 Å². The van der Waals surface area contributed by atoms with E-state index in [1.165, 1.54) is 0 Å². The summed E-state index contributed by atoms with van der Waals surface area (Å²) in [5.74, 6) is 1.26. The van der Waals surface area contributed by atoms with Crippen LogP contribution in [0.5, 0.6) is 11.5 Å². The number of nitrogens with zero attached hydrogens (tertiary/aromatic N) is 4. The van der Waals surface area contributed by atoms with Crippen LogP contribution in [0.4, 0.5) is 22.7 Å². The van der Waals surface area contributed by atoms with Crippen molar-refractivity contribution < 1.29 is 9.53 Å². The summed E-state index contributed by atoms with van der Waals surface area (Å²) in [5.41, 5.74) is 4.22. The van der Waals surface area contributed by atoms with Gasteiger partial charge in [-0.2, -0.15) is 0 Å². The van der Waals surface area contributed by atoms with Crippen LogP contribution in [0.1, 0.15) is 38.1 Å². The molecule has 0 aliphatic carbocycles.